The predicted octanol–water partition coefficient (Wildman–Crippen LogP) is -0.548. The predicted molar refractivity (Wildman–Crippen MR) is 61.1 cm³/mol. The number of aliphatic hydroxyl groups excluding tert-OH is 1. The summed E-state index contributed by atoms with van der Waals surface area (Å²) < 4.78 is 4.83. The number of ether oxygens (including phenoxy) is 1. The first kappa shape index (κ1) is 13.4. The lowest BCUT2D eigenvalue weighted by Crippen LogP contribution is -2.44. The van der Waals surface area contributed by atoms with Crippen molar-refractivity contribution in [2.75, 3.05) is 40.4 Å². The van der Waals surface area contributed by atoms with E-state index in [2.05, 4.69) is 5.32 Å². The van der Waals surface area contributed by atoms with E-state index < -0.39 is 6.10 Å². The SMILES string of the molecule is COCC(O)CN(C)C(=O)[C@H]1CCCNC1. The summed E-state index contributed by atoms with van der Waals surface area (Å²) in [6, 6.07) is 0. The Bertz CT molecular complexity index is 217. The van der Waals surface area contributed by atoms with Gasteiger partial charge in [-0.25, -0.2) is 0 Å². The molecule has 0 saturated carbocycles. The first-order chi connectivity index (χ1) is 7.65. The minimum absolute atomic E-state index is 0.0634. The molecule has 0 bridgehead atoms. The maximum absolute atomic E-state index is 12.0. The highest BCUT2D eigenvalue weighted by Gasteiger charge is 2.24. The fraction of sp³-hybridized carbons (Fsp3) is 0.909. The Hall–Kier alpha value is -0.650. The maximum Gasteiger partial charge on any atom is 0.226 e. The van der Waals surface area contributed by atoms with Crippen molar-refractivity contribution in [3.63, 3.8) is 0 Å². The topological polar surface area (TPSA) is 61.8 Å². The molecule has 1 amide bonds. The number of aliphatic hydroxyl groups is 1. The van der Waals surface area contributed by atoms with E-state index in [9.17, 15) is 9.90 Å². The Morgan fingerprint density at radius 2 is 2.44 bits per heavy atom. The molecule has 1 rings (SSSR count). The second-order valence-corrected chi connectivity index (χ2v) is 4.37. The van der Waals surface area contributed by atoms with Crippen molar-refractivity contribution in [2.24, 2.45) is 5.92 Å². The lowest BCUT2D eigenvalue weighted by molar-refractivity contribution is -0.136. The van der Waals surface area contributed by atoms with E-state index in [1.807, 2.05) is 0 Å². The molecule has 1 aliphatic rings. The third kappa shape index (κ3) is 4.08. The number of methoxy groups -OCH3 is 1. The zero-order chi connectivity index (χ0) is 12.0. The van der Waals surface area contributed by atoms with Crippen molar-refractivity contribution in [1.29, 1.82) is 0 Å². The maximum atomic E-state index is 12.0. The second-order valence-electron chi connectivity index (χ2n) is 4.37. The summed E-state index contributed by atoms with van der Waals surface area (Å²) in [6.07, 6.45) is 1.39. The van der Waals surface area contributed by atoms with Gasteiger partial charge in [0.25, 0.3) is 0 Å². The van der Waals surface area contributed by atoms with Crippen LogP contribution in [0.5, 0.6) is 0 Å². The normalized spacial score (nSPS) is 22.8. The summed E-state index contributed by atoms with van der Waals surface area (Å²) >= 11 is 0. The molecule has 1 aliphatic heterocycles. The van der Waals surface area contributed by atoms with E-state index in [0.717, 1.165) is 25.9 Å². The molecule has 5 nitrogen and oxygen atoms in total. The van der Waals surface area contributed by atoms with Crippen LogP contribution in [-0.4, -0.2) is 62.4 Å². The van der Waals surface area contributed by atoms with Gasteiger partial charge < -0.3 is 20.1 Å². The molecule has 0 aromatic carbocycles. The molecule has 1 saturated heterocycles. The zero-order valence-corrected chi connectivity index (χ0v) is 10.1. The molecule has 1 fully saturated rings. The number of nitrogens with one attached hydrogen (secondary N) is 1. The molecule has 16 heavy (non-hydrogen) atoms. The van der Waals surface area contributed by atoms with Crippen LogP contribution in [0, 0.1) is 5.92 Å². The van der Waals surface area contributed by atoms with E-state index in [4.69, 9.17) is 4.74 Å². The first-order valence-electron chi connectivity index (χ1n) is 5.78. The average molecular weight is 230 g/mol. The Morgan fingerprint density at radius 3 is 3.00 bits per heavy atom. The van der Waals surface area contributed by atoms with Crippen LogP contribution in [0.4, 0.5) is 0 Å². The smallest absolute Gasteiger partial charge is 0.226 e. The van der Waals surface area contributed by atoms with Crippen LogP contribution in [0.3, 0.4) is 0 Å². The van der Waals surface area contributed by atoms with Crippen molar-refractivity contribution < 1.29 is 14.6 Å². The largest absolute Gasteiger partial charge is 0.389 e. The summed E-state index contributed by atoms with van der Waals surface area (Å²) in [5, 5.41) is 12.7. The number of rotatable bonds is 5. The van der Waals surface area contributed by atoms with Crippen molar-refractivity contribution >= 4 is 5.91 Å². The van der Waals surface area contributed by atoms with Gasteiger partial charge in [0, 0.05) is 27.2 Å². The van der Waals surface area contributed by atoms with Crippen LogP contribution in [0.2, 0.25) is 0 Å². The number of nitrogens with zero attached hydrogens (tertiary/aromatic N) is 1. The molecular formula is C11H22N2O3. The highest BCUT2D eigenvalue weighted by molar-refractivity contribution is 5.78. The minimum atomic E-state index is -0.601. The third-order valence-corrected chi connectivity index (χ3v) is 2.87. The summed E-state index contributed by atoms with van der Waals surface area (Å²) in [5.41, 5.74) is 0. The third-order valence-electron chi connectivity index (χ3n) is 2.87. The van der Waals surface area contributed by atoms with Crippen molar-refractivity contribution in [2.45, 2.75) is 18.9 Å². The van der Waals surface area contributed by atoms with Gasteiger partial charge in [-0.05, 0) is 19.4 Å². The van der Waals surface area contributed by atoms with E-state index in [1.165, 1.54) is 7.11 Å². The first-order valence-corrected chi connectivity index (χ1v) is 5.78. The van der Waals surface area contributed by atoms with Crippen molar-refractivity contribution in [1.82, 2.24) is 10.2 Å². The molecule has 1 unspecified atom stereocenters. The van der Waals surface area contributed by atoms with E-state index in [0.29, 0.717) is 6.54 Å². The molecule has 5 heteroatoms. The van der Waals surface area contributed by atoms with Crippen LogP contribution in [0.25, 0.3) is 0 Å². The second kappa shape index (κ2) is 6.83. The Labute approximate surface area is 96.8 Å². The zero-order valence-electron chi connectivity index (χ0n) is 10.1. The van der Waals surface area contributed by atoms with E-state index in [-0.39, 0.29) is 18.4 Å². The summed E-state index contributed by atoms with van der Waals surface area (Å²) in [7, 11) is 3.27. The van der Waals surface area contributed by atoms with Crippen LogP contribution in [-0.2, 0) is 9.53 Å². The molecule has 1 heterocycles. The van der Waals surface area contributed by atoms with Crippen LogP contribution in [0.1, 0.15) is 12.8 Å². The lowest BCUT2D eigenvalue weighted by Gasteiger charge is -2.28. The minimum Gasteiger partial charge on any atom is -0.389 e. The molecule has 2 N–H and O–H groups in total. The quantitative estimate of drug-likeness (QED) is 0.665. The van der Waals surface area contributed by atoms with E-state index in [1.54, 1.807) is 11.9 Å². The number of hydrogen-bond donors (Lipinski definition) is 2. The van der Waals surface area contributed by atoms with Crippen molar-refractivity contribution in [3.05, 3.63) is 0 Å². The number of amides is 1. The van der Waals surface area contributed by atoms with Gasteiger partial charge in [-0.3, -0.25) is 4.79 Å². The Kier molecular flexibility index (Phi) is 5.73. The standard InChI is InChI=1S/C11H22N2O3/c1-13(7-10(14)8-16-2)11(15)9-4-3-5-12-6-9/h9-10,12,14H,3-8H2,1-2H3/t9-,10?/m0/s1. The Balaban J connectivity index is 2.34. The number of carbonyl (C=O) groups is 1. The average Bonchev–Trinajstić information content (AvgIpc) is 2.29. The Morgan fingerprint density at radius 1 is 1.69 bits per heavy atom. The monoisotopic (exact) mass is 230 g/mol. The highest BCUT2D eigenvalue weighted by atomic mass is 16.5. The fourth-order valence-electron chi connectivity index (χ4n) is 2.03. The van der Waals surface area contributed by atoms with E-state index >= 15 is 0 Å². The number of likely N-dealkylation sites (N-methyl/N-ethyl adjacent to an activating group) is 1. The van der Waals surface area contributed by atoms with Crippen LogP contribution < -0.4 is 5.32 Å². The van der Waals surface area contributed by atoms with Gasteiger partial charge in [-0.2, -0.15) is 0 Å². The summed E-state index contributed by atoms with van der Waals surface area (Å²) in [5.74, 6) is 0.177. The highest BCUT2D eigenvalue weighted by Crippen LogP contribution is 2.12. The molecule has 0 spiro atoms. The summed E-state index contributed by atoms with van der Waals surface area (Å²) in [6.45, 7) is 2.35. The van der Waals surface area contributed by atoms with Crippen LogP contribution >= 0.6 is 0 Å². The summed E-state index contributed by atoms with van der Waals surface area (Å²) in [4.78, 5) is 13.6. The van der Waals surface area contributed by atoms with Crippen molar-refractivity contribution in [3.8, 4) is 0 Å². The van der Waals surface area contributed by atoms with Gasteiger partial charge in [0.15, 0.2) is 0 Å². The molecule has 0 aromatic heterocycles. The van der Waals surface area contributed by atoms with Gasteiger partial charge in [-0.1, -0.05) is 0 Å². The molecular weight excluding hydrogens is 208 g/mol. The molecule has 0 radical (unpaired) electrons. The molecule has 0 aliphatic carbocycles. The van der Waals surface area contributed by atoms with Crippen LogP contribution in [0.15, 0.2) is 0 Å². The van der Waals surface area contributed by atoms with Gasteiger partial charge in [0.1, 0.15) is 0 Å². The van der Waals surface area contributed by atoms with Gasteiger partial charge in [0.05, 0.1) is 18.6 Å². The molecule has 0 aromatic rings. The molecule has 94 valence electrons. The number of hydrogen-bond acceptors (Lipinski definition) is 4. The lowest BCUT2D eigenvalue weighted by atomic mass is 9.98. The van der Waals surface area contributed by atoms with Gasteiger partial charge in [0.2, 0.25) is 5.91 Å². The number of piperidine rings is 1. The fourth-order valence-corrected chi connectivity index (χ4v) is 2.03. The number of carbonyl (C=O) groups excluding carboxylic acids is 1. The molecule has 2 atom stereocenters. The van der Waals surface area contributed by atoms with Gasteiger partial charge >= 0.3 is 0 Å². The van der Waals surface area contributed by atoms with Gasteiger partial charge in [-0.15, -0.1) is 0 Å².